The first-order valence-electron chi connectivity index (χ1n) is 5.92. The molecule has 0 amide bonds. The third kappa shape index (κ3) is 2.53. The highest BCUT2D eigenvalue weighted by Crippen LogP contribution is 2.13. The molecule has 6 heteroatoms. The molecule has 0 saturated heterocycles. The van der Waals surface area contributed by atoms with Gasteiger partial charge in [-0.05, 0) is 24.3 Å². The topological polar surface area (TPSA) is 52.2 Å². The molecule has 0 fully saturated rings. The van der Waals surface area contributed by atoms with Crippen LogP contribution in [-0.4, -0.2) is 24.9 Å². The van der Waals surface area contributed by atoms with Crippen LogP contribution >= 0.6 is 11.8 Å². The summed E-state index contributed by atoms with van der Waals surface area (Å²) < 4.78 is 3.04. The van der Waals surface area contributed by atoms with Crippen LogP contribution in [0.3, 0.4) is 0 Å². The van der Waals surface area contributed by atoms with E-state index < -0.39 is 0 Å². The Morgan fingerprint density at radius 3 is 2.84 bits per heavy atom. The van der Waals surface area contributed by atoms with E-state index >= 15 is 0 Å². The minimum atomic E-state index is -0.0998. The summed E-state index contributed by atoms with van der Waals surface area (Å²) in [5.74, 6) is 0.765. The fourth-order valence-electron chi connectivity index (χ4n) is 1.78. The molecule has 5 nitrogen and oxygen atoms in total. The third-order valence-corrected chi connectivity index (χ3v) is 3.60. The molecule has 0 saturated carbocycles. The largest absolute Gasteiger partial charge is 0.350 e. The van der Waals surface area contributed by atoms with E-state index in [0.717, 1.165) is 10.8 Å². The van der Waals surface area contributed by atoms with Gasteiger partial charge in [0.15, 0.2) is 5.65 Å². The summed E-state index contributed by atoms with van der Waals surface area (Å²) in [4.78, 5) is 16.2. The monoisotopic (exact) mass is 272 g/mol. The van der Waals surface area contributed by atoms with Crippen molar-refractivity contribution in [1.82, 2.24) is 19.2 Å². The van der Waals surface area contributed by atoms with E-state index in [1.165, 1.54) is 4.68 Å². The van der Waals surface area contributed by atoms with Crippen molar-refractivity contribution in [2.24, 2.45) is 0 Å². The normalized spacial score (nSPS) is 10.9. The quantitative estimate of drug-likeness (QED) is 0.678. The van der Waals surface area contributed by atoms with E-state index in [0.29, 0.717) is 12.2 Å². The highest BCUT2D eigenvalue weighted by atomic mass is 32.2. The van der Waals surface area contributed by atoms with Gasteiger partial charge in [0, 0.05) is 18.1 Å². The van der Waals surface area contributed by atoms with Gasteiger partial charge in [0.25, 0.3) is 0 Å². The summed E-state index contributed by atoms with van der Waals surface area (Å²) in [6.07, 6.45) is 3.49. The molecule has 0 aromatic carbocycles. The molecule has 0 radical (unpaired) electrons. The molecule has 0 aliphatic carbocycles. The first-order valence-corrected chi connectivity index (χ1v) is 6.91. The van der Waals surface area contributed by atoms with E-state index in [1.807, 2.05) is 36.4 Å². The van der Waals surface area contributed by atoms with Crippen LogP contribution < -0.4 is 5.69 Å². The fourth-order valence-corrected chi connectivity index (χ4v) is 2.57. The Morgan fingerprint density at radius 1 is 1.16 bits per heavy atom. The number of fused-ring (bicyclic) bond motifs is 1. The molecule has 0 N–H and O–H groups in total. The molecule has 3 heterocycles. The second kappa shape index (κ2) is 5.27. The van der Waals surface area contributed by atoms with Gasteiger partial charge in [0.2, 0.25) is 0 Å². The minimum absolute atomic E-state index is 0.0998. The van der Waals surface area contributed by atoms with E-state index in [1.54, 1.807) is 28.6 Å². The Bertz CT molecular complexity index is 735. The second-order valence-electron chi connectivity index (χ2n) is 3.95. The molecule has 0 spiro atoms. The minimum Gasteiger partial charge on any atom is -0.250 e. The number of nitrogens with zero attached hydrogens (tertiary/aromatic N) is 4. The van der Waals surface area contributed by atoms with Crippen LogP contribution in [0.4, 0.5) is 0 Å². The number of rotatable bonds is 4. The van der Waals surface area contributed by atoms with Crippen molar-refractivity contribution >= 4 is 17.4 Å². The average Bonchev–Trinajstić information content (AvgIpc) is 2.78. The summed E-state index contributed by atoms with van der Waals surface area (Å²) in [6, 6.07) is 11.3. The third-order valence-electron chi connectivity index (χ3n) is 2.68. The molecule has 0 aliphatic rings. The maximum Gasteiger partial charge on any atom is 0.350 e. The lowest BCUT2D eigenvalue weighted by molar-refractivity contribution is 0.639. The smallest absolute Gasteiger partial charge is 0.250 e. The van der Waals surface area contributed by atoms with Crippen molar-refractivity contribution in [2.45, 2.75) is 11.6 Å². The lowest BCUT2D eigenvalue weighted by atomic mass is 10.5. The van der Waals surface area contributed by atoms with Gasteiger partial charge in [-0.2, -0.15) is 0 Å². The van der Waals surface area contributed by atoms with Gasteiger partial charge in [-0.3, -0.25) is 4.40 Å². The number of pyridine rings is 2. The van der Waals surface area contributed by atoms with Crippen LogP contribution in [0, 0.1) is 0 Å². The number of aromatic nitrogens is 4. The van der Waals surface area contributed by atoms with E-state index in [2.05, 4.69) is 10.1 Å². The molecule has 3 rings (SSSR count). The van der Waals surface area contributed by atoms with Crippen LogP contribution in [0.15, 0.2) is 58.6 Å². The molecule has 0 aliphatic heterocycles. The molecule has 0 unspecified atom stereocenters. The molecule has 19 heavy (non-hydrogen) atoms. The van der Waals surface area contributed by atoms with E-state index in [-0.39, 0.29) is 5.69 Å². The Labute approximate surface area is 113 Å². The Hall–Kier alpha value is -2.08. The van der Waals surface area contributed by atoms with Crippen molar-refractivity contribution in [3.05, 3.63) is 59.3 Å². The Balaban J connectivity index is 1.72. The zero-order valence-corrected chi connectivity index (χ0v) is 11.0. The first kappa shape index (κ1) is 12.0. The standard InChI is InChI=1S/C13H12N4OS/c18-13-16-8-4-2-5-11(16)15-17(13)9-10-19-12-6-1-3-7-14-12/h1-8H,9-10H2. The van der Waals surface area contributed by atoms with Gasteiger partial charge in [0.05, 0.1) is 11.6 Å². The molecule has 3 aromatic rings. The van der Waals surface area contributed by atoms with Crippen molar-refractivity contribution in [2.75, 3.05) is 5.75 Å². The van der Waals surface area contributed by atoms with Crippen LogP contribution in [0.1, 0.15) is 0 Å². The highest BCUT2D eigenvalue weighted by Gasteiger charge is 2.05. The van der Waals surface area contributed by atoms with Crippen LogP contribution in [0.2, 0.25) is 0 Å². The maximum atomic E-state index is 12.0. The van der Waals surface area contributed by atoms with Gasteiger partial charge in [-0.15, -0.1) is 16.9 Å². The summed E-state index contributed by atoms with van der Waals surface area (Å²) in [5, 5.41) is 5.23. The van der Waals surface area contributed by atoms with Crippen LogP contribution in [-0.2, 0) is 6.54 Å². The second-order valence-corrected chi connectivity index (χ2v) is 5.07. The van der Waals surface area contributed by atoms with Crippen molar-refractivity contribution < 1.29 is 0 Å². The summed E-state index contributed by atoms with van der Waals surface area (Å²) >= 11 is 1.61. The van der Waals surface area contributed by atoms with Crippen LogP contribution in [0.25, 0.3) is 5.65 Å². The van der Waals surface area contributed by atoms with Gasteiger partial charge >= 0.3 is 5.69 Å². The van der Waals surface area contributed by atoms with Crippen molar-refractivity contribution in [3.63, 3.8) is 0 Å². The lowest BCUT2D eigenvalue weighted by Gasteiger charge is -1.99. The highest BCUT2D eigenvalue weighted by molar-refractivity contribution is 7.99. The number of hydrogen-bond acceptors (Lipinski definition) is 4. The number of aryl methyl sites for hydroxylation is 1. The van der Waals surface area contributed by atoms with Crippen molar-refractivity contribution in [3.8, 4) is 0 Å². The Kier molecular flexibility index (Phi) is 3.33. The van der Waals surface area contributed by atoms with Gasteiger partial charge < -0.3 is 0 Å². The van der Waals surface area contributed by atoms with Crippen LogP contribution in [0.5, 0.6) is 0 Å². The number of thioether (sulfide) groups is 1. The fraction of sp³-hybridized carbons (Fsp3) is 0.154. The maximum absolute atomic E-state index is 12.0. The van der Waals surface area contributed by atoms with Crippen molar-refractivity contribution in [1.29, 1.82) is 0 Å². The predicted octanol–water partition coefficient (Wildman–Crippen LogP) is 1.68. The zero-order valence-electron chi connectivity index (χ0n) is 10.1. The molecular formula is C13H12N4OS. The van der Waals surface area contributed by atoms with Gasteiger partial charge in [-0.1, -0.05) is 12.1 Å². The summed E-state index contributed by atoms with van der Waals surface area (Å²) in [7, 11) is 0. The predicted molar refractivity (Wildman–Crippen MR) is 74.4 cm³/mol. The molecular weight excluding hydrogens is 260 g/mol. The molecule has 0 atom stereocenters. The van der Waals surface area contributed by atoms with Gasteiger partial charge in [-0.25, -0.2) is 14.5 Å². The molecule has 3 aromatic heterocycles. The van der Waals surface area contributed by atoms with E-state index in [4.69, 9.17) is 0 Å². The average molecular weight is 272 g/mol. The zero-order chi connectivity index (χ0) is 13.1. The summed E-state index contributed by atoms with van der Waals surface area (Å²) in [6.45, 7) is 0.571. The lowest BCUT2D eigenvalue weighted by Crippen LogP contribution is -2.21. The SMILES string of the molecule is O=c1n(CCSc2ccccn2)nc2ccccn12. The molecule has 0 bridgehead atoms. The summed E-state index contributed by atoms with van der Waals surface area (Å²) in [5.41, 5.74) is 0.576. The van der Waals surface area contributed by atoms with E-state index in [9.17, 15) is 4.79 Å². The number of hydrogen-bond donors (Lipinski definition) is 0. The Morgan fingerprint density at radius 2 is 2.05 bits per heavy atom. The van der Waals surface area contributed by atoms with Gasteiger partial charge in [0.1, 0.15) is 0 Å². The molecule has 96 valence electrons. The first-order chi connectivity index (χ1) is 9.34.